The van der Waals surface area contributed by atoms with Crippen LogP contribution in [0.25, 0.3) is 0 Å². The van der Waals surface area contributed by atoms with Crippen molar-refractivity contribution in [3.05, 3.63) is 24.3 Å². The van der Waals surface area contributed by atoms with E-state index < -0.39 is 0 Å². The van der Waals surface area contributed by atoms with Gasteiger partial charge in [-0.05, 0) is 31.4 Å². The molecule has 0 aliphatic heterocycles. The summed E-state index contributed by atoms with van der Waals surface area (Å²) >= 11 is 0. The predicted octanol–water partition coefficient (Wildman–Crippen LogP) is 2.04. The molecule has 0 aromatic heterocycles. The van der Waals surface area contributed by atoms with Crippen LogP contribution in [-0.2, 0) is 0 Å². The Bertz CT molecular complexity index is 432. The molecule has 0 bridgehead atoms. The van der Waals surface area contributed by atoms with Crippen LogP contribution in [0.15, 0.2) is 24.3 Å². The summed E-state index contributed by atoms with van der Waals surface area (Å²) in [6.07, 6.45) is 3.34. The maximum Gasteiger partial charge on any atom is 0.322 e. The lowest BCUT2D eigenvalue weighted by molar-refractivity contribution is 0.151. The highest BCUT2D eigenvalue weighted by molar-refractivity contribution is 5.89. The topological polar surface area (TPSA) is 67.6 Å². The van der Waals surface area contributed by atoms with Gasteiger partial charge in [0.1, 0.15) is 5.75 Å². The third kappa shape index (κ3) is 3.38. The Kier molecular flexibility index (Phi) is 4.63. The van der Waals surface area contributed by atoms with E-state index in [1.165, 1.54) is 6.42 Å². The number of carbonyl (C=O) groups excluding carboxylic acids is 1. The second-order valence-corrected chi connectivity index (χ2v) is 4.73. The van der Waals surface area contributed by atoms with Gasteiger partial charge < -0.3 is 20.7 Å². The van der Waals surface area contributed by atoms with Gasteiger partial charge in [-0.15, -0.1) is 0 Å². The smallest absolute Gasteiger partial charge is 0.322 e. The number of nitrogens with two attached hydrogens (primary N) is 1. The molecule has 1 aromatic carbocycles. The number of rotatable bonds is 5. The number of hydrogen-bond acceptors (Lipinski definition) is 3. The molecule has 1 aliphatic rings. The summed E-state index contributed by atoms with van der Waals surface area (Å²) < 4.78 is 5.14. The lowest BCUT2D eigenvalue weighted by atomic mass is 9.91. The zero-order valence-electron chi connectivity index (χ0n) is 11.3. The summed E-state index contributed by atoms with van der Waals surface area (Å²) in [6.45, 7) is 1.09. The van der Waals surface area contributed by atoms with Gasteiger partial charge in [-0.3, -0.25) is 0 Å². The molecule has 1 saturated carbocycles. The minimum absolute atomic E-state index is 0.0802. The van der Waals surface area contributed by atoms with E-state index in [0.717, 1.165) is 24.3 Å². The molecule has 5 heteroatoms. The molecule has 19 heavy (non-hydrogen) atoms. The minimum Gasteiger partial charge on any atom is -0.497 e. The molecule has 104 valence electrons. The van der Waals surface area contributed by atoms with E-state index in [1.807, 2.05) is 23.1 Å². The molecule has 5 nitrogen and oxygen atoms in total. The number of hydrogen-bond donors (Lipinski definition) is 2. The van der Waals surface area contributed by atoms with Crippen molar-refractivity contribution in [3.8, 4) is 5.75 Å². The number of amides is 2. The monoisotopic (exact) mass is 263 g/mol. The molecule has 2 amide bonds. The molecule has 3 N–H and O–H groups in total. The van der Waals surface area contributed by atoms with Gasteiger partial charge in [-0.25, -0.2) is 4.79 Å². The molecule has 0 unspecified atom stereocenters. The summed E-state index contributed by atoms with van der Waals surface area (Å²) in [4.78, 5) is 14.1. The van der Waals surface area contributed by atoms with Crippen molar-refractivity contribution in [2.75, 3.05) is 25.5 Å². The van der Waals surface area contributed by atoms with E-state index in [4.69, 9.17) is 10.5 Å². The first-order chi connectivity index (χ1) is 9.24. The zero-order chi connectivity index (χ0) is 13.7. The highest BCUT2D eigenvalue weighted by atomic mass is 16.5. The van der Waals surface area contributed by atoms with Crippen molar-refractivity contribution >= 4 is 11.7 Å². The lowest BCUT2D eigenvalue weighted by Crippen LogP contribution is -2.48. The molecule has 0 spiro atoms. The average Bonchev–Trinajstić information content (AvgIpc) is 2.36. The molecular weight excluding hydrogens is 242 g/mol. The Morgan fingerprint density at radius 1 is 1.53 bits per heavy atom. The Labute approximate surface area is 113 Å². The van der Waals surface area contributed by atoms with Gasteiger partial charge in [-0.1, -0.05) is 6.07 Å². The number of nitrogens with one attached hydrogen (secondary N) is 1. The molecule has 0 saturated heterocycles. The number of nitrogens with zero attached hydrogens (tertiary/aromatic N) is 1. The van der Waals surface area contributed by atoms with Crippen LogP contribution in [0.1, 0.15) is 19.3 Å². The van der Waals surface area contributed by atoms with Crippen molar-refractivity contribution in [2.24, 2.45) is 5.73 Å². The molecule has 1 aliphatic carbocycles. The second kappa shape index (κ2) is 6.43. The normalized spacial score (nSPS) is 14.6. The molecule has 2 rings (SSSR count). The number of methoxy groups -OCH3 is 1. The van der Waals surface area contributed by atoms with E-state index in [0.29, 0.717) is 19.1 Å². The number of anilines is 1. The van der Waals surface area contributed by atoms with E-state index >= 15 is 0 Å². The third-order valence-corrected chi connectivity index (χ3v) is 3.47. The first-order valence-electron chi connectivity index (χ1n) is 6.66. The van der Waals surface area contributed by atoms with Crippen LogP contribution in [0.5, 0.6) is 5.75 Å². The van der Waals surface area contributed by atoms with Crippen LogP contribution < -0.4 is 15.8 Å². The first kappa shape index (κ1) is 13.7. The molecule has 1 aromatic rings. The van der Waals surface area contributed by atoms with Crippen molar-refractivity contribution in [1.82, 2.24) is 4.90 Å². The lowest BCUT2D eigenvalue weighted by Gasteiger charge is -2.37. The van der Waals surface area contributed by atoms with Gasteiger partial charge in [0.25, 0.3) is 0 Å². The van der Waals surface area contributed by atoms with Crippen molar-refractivity contribution in [1.29, 1.82) is 0 Å². The van der Waals surface area contributed by atoms with Crippen LogP contribution in [0.2, 0.25) is 0 Å². The van der Waals surface area contributed by atoms with Crippen LogP contribution in [0, 0.1) is 0 Å². The van der Waals surface area contributed by atoms with E-state index in [-0.39, 0.29) is 6.03 Å². The predicted molar refractivity (Wildman–Crippen MR) is 75.4 cm³/mol. The Balaban J connectivity index is 2.00. The Morgan fingerprint density at radius 2 is 2.32 bits per heavy atom. The first-order valence-corrected chi connectivity index (χ1v) is 6.66. The summed E-state index contributed by atoms with van der Waals surface area (Å²) in [5.41, 5.74) is 6.32. The summed E-state index contributed by atoms with van der Waals surface area (Å²) in [5, 5.41) is 2.90. The minimum atomic E-state index is -0.0802. The zero-order valence-corrected chi connectivity index (χ0v) is 11.3. The largest absolute Gasteiger partial charge is 0.497 e. The van der Waals surface area contributed by atoms with E-state index in [2.05, 4.69) is 5.32 Å². The van der Waals surface area contributed by atoms with Crippen LogP contribution in [0.4, 0.5) is 10.5 Å². The van der Waals surface area contributed by atoms with Gasteiger partial charge in [0, 0.05) is 30.9 Å². The number of benzene rings is 1. The van der Waals surface area contributed by atoms with Crippen molar-refractivity contribution in [2.45, 2.75) is 25.3 Å². The summed E-state index contributed by atoms with van der Waals surface area (Å²) in [5.74, 6) is 0.729. The van der Waals surface area contributed by atoms with E-state index in [9.17, 15) is 4.79 Å². The second-order valence-electron chi connectivity index (χ2n) is 4.73. The quantitative estimate of drug-likeness (QED) is 0.854. The third-order valence-electron chi connectivity index (χ3n) is 3.47. The van der Waals surface area contributed by atoms with Gasteiger partial charge in [0.2, 0.25) is 0 Å². The number of carbonyl (C=O) groups is 1. The van der Waals surface area contributed by atoms with Gasteiger partial charge >= 0.3 is 6.03 Å². The molecule has 0 atom stereocenters. The van der Waals surface area contributed by atoms with Crippen LogP contribution in [-0.4, -0.2) is 37.2 Å². The highest BCUT2D eigenvalue weighted by Crippen LogP contribution is 2.25. The summed E-state index contributed by atoms with van der Waals surface area (Å²) in [6, 6.07) is 7.61. The summed E-state index contributed by atoms with van der Waals surface area (Å²) in [7, 11) is 1.61. The fraction of sp³-hybridized carbons (Fsp3) is 0.500. The van der Waals surface area contributed by atoms with Crippen LogP contribution in [0.3, 0.4) is 0 Å². The van der Waals surface area contributed by atoms with Gasteiger partial charge in [0.15, 0.2) is 0 Å². The highest BCUT2D eigenvalue weighted by Gasteiger charge is 2.28. The molecular formula is C14H21N3O2. The Morgan fingerprint density at radius 3 is 2.89 bits per heavy atom. The standard InChI is InChI=1S/C14H21N3O2/c1-19-13-7-2-4-11(10-13)16-14(18)17(9-8-15)12-5-3-6-12/h2,4,7,10,12H,3,5-6,8-9,15H2,1H3,(H,16,18). The number of urea groups is 1. The fourth-order valence-corrected chi connectivity index (χ4v) is 2.18. The van der Waals surface area contributed by atoms with Crippen molar-refractivity contribution in [3.63, 3.8) is 0 Å². The molecule has 0 heterocycles. The maximum absolute atomic E-state index is 12.3. The fourth-order valence-electron chi connectivity index (χ4n) is 2.18. The van der Waals surface area contributed by atoms with Gasteiger partial charge in [-0.2, -0.15) is 0 Å². The van der Waals surface area contributed by atoms with E-state index in [1.54, 1.807) is 13.2 Å². The maximum atomic E-state index is 12.3. The van der Waals surface area contributed by atoms with Gasteiger partial charge in [0.05, 0.1) is 7.11 Å². The Hall–Kier alpha value is -1.75. The molecule has 0 radical (unpaired) electrons. The SMILES string of the molecule is COc1cccc(NC(=O)N(CCN)C2CCC2)c1. The van der Waals surface area contributed by atoms with Crippen molar-refractivity contribution < 1.29 is 9.53 Å². The number of ether oxygens (including phenoxy) is 1. The van der Waals surface area contributed by atoms with Crippen LogP contribution >= 0.6 is 0 Å². The average molecular weight is 263 g/mol. The molecule has 1 fully saturated rings.